The Morgan fingerprint density at radius 3 is 2.48 bits per heavy atom. The first-order chi connectivity index (χ1) is 15.5. The topological polar surface area (TPSA) is 50.8 Å². The molecule has 0 aliphatic heterocycles. The highest BCUT2D eigenvalue weighted by Gasteiger charge is 2.21. The van der Waals surface area contributed by atoms with E-state index in [1.807, 2.05) is 73.1 Å². The van der Waals surface area contributed by atoms with E-state index < -0.39 is 0 Å². The first-order valence-corrected chi connectivity index (χ1v) is 10.9. The molecule has 7 heteroatoms. The lowest BCUT2D eigenvalue weighted by Crippen LogP contribution is -2.11. The van der Waals surface area contributed by atoms with Crippen LogP contribution in [0.2, 0.25) is 10.0 Å². The molecule has 33 heavy (non-hydrogen) atoms. The third-order valence-electron chi connectivity index (χ3n) is 5.43. The maximum absolute atomic E-state index is 9.71. The zero-order valence-corrected chi connectivity index (χ0v) is 20.5. The van der Waals surface area contributed by atoms with Crippen molar-refractivity contribution >= 4 is 35.6 Å². The van der Waals surface area contributed by atoms with Gasteiger partial charge in [0.15, 0.2) is 0 Å². The van der Waals surface area contributed by atoms with E-state index in [9.17, 15) is 5.26 Å². The Morgan fingerprint density at radius 1 is 1.03 bits per heavy atom. The summed E-state index contributed by atoms with van der Waals surface area (Å²) in [4.78, 5) is 4.27. The molecule has 0 saturated carbocycles. The SMILES string of the molecule is Cc1ccccc1-c1cc(C(OCc2ccc(Cl)c(Cl)c2)c2cncn2C)ccc1C#N.Cl. The Morgan fingerprint density at radius 2 is 1.82 bits per heavy atom. The highest BCUT2D eigenvalue weighted by atomic mass is 35.5. The molecule has 3 aromatic carbocycles. The summed E-state index contributed by atoms with van der Waals surface area (Å²) in [6.07, 6.45) is 3.16. The van der Waals surface area contributed by atoms with Gasteiger partial charge in [0, 0.05) is 12.6 Å². The van der Waals surface area contributed by atoms with E-state index in [1.165, 1.54) is 0 Å². The molecule has 1 atom stereocenters. The van der Waals surface area contributed by atoms with Gasteiger partial charge in [-0.05, 0) is 53.4 Å². The lowest BCUT2D eigenvalue weighted by atomic mass is 9.93. The largest absolute Gasteiger partial charge is 0.363 e. The van der Waals surface area contributed by atoms with Crippen molar-refractivity contribution < 1.29 is 4.74 Å². The molecule has 0 bridgehead atoms. The van der Waals surface area contributed by atoms with Gasteiger partial charge in [-0.3, -0.25) is 0 Å². The van der Waals surface area contributed by atoms with Crippen LogP contribution in [0.4, 0.5) is 0 Å². The third-order valence-corrected chi connectivity index (χ3v) is 6.16. The monoisotopic (exact) mass is 497 g/mol. The fourth-order valence-electron chi connectivity index (χ4n) is 3.70. The predicted molar refractivity (Wildman–Crippen MR) is 135 cm³/mol. The quantitative estimate of drug-likeness (QED) is 0.280. The number of nitriles is 1. The van der Waals surface area contributed by atoms with Gasteiger partial charge in [-0.25, -0.2) is 4.98 Å². The van der Waals surface area contributed by atoms with Crippen molar-refractivity contribution in [1.29, 1.82) is 5.26 Å². The van der Waals surface area contributed by atoms with E-state index in [0.717, 1.165) is 33.5 Å². The Kier molecular flexibility index (Phi) is 8.18. The summed E-state index contributed by atoms with van der Waals surface area (Å²) in [7, 11) is 1.93. The van der Waals surface area contributed by atoms with Crippen LogP contribution in [0.15, 0.2) is 73.2 Å². The van der Waals surface area contributed by atoms with Gasteiger partial charge < -0.3 is 9.30 Å². The number of nitrogens with zero attached hydrogens (tertiary/aromatic N) is 3. The minimum absolute atomic E-state index is 0. The highest BCUT2D eigenvalue weighted by Crippen LogP contribution is 2.34. The van der Waals surface area contributed by atoms with E-state index in [4.69, 9.17) is 27.9 Å². The van der Waals surface area contributed by atoms with Crippen LogP contribution in [0, 0.1) is 18.3 Å². The fraction of sp³-hybridized carbons (Fsp3) is 0.154. The first-order valence-electron chi connectivity index (χ1n) is 10.1. The molecule has 4 nitrogen and oxygen atoms in total. The molecule has 1 aromatic heterocycles. The van der Waals surface area contributed by atoms with Crippen LogP contribution in [0.25, 0.3) is 11.1 Å². The Balaban J connectivity index is 0.00000306. The summed E-state index contributed by atoms with van der Waals surface area (Å²) in [5.74, 6) is 0. The number of aromatic nitrogens is 2. The number of aryl methyl sites for hydroxylation is 2. The Hall–Kier alpha value is -2.81. The smallest absolute Gasteiger partial charge is 0.124 e. The normalized spacial score (nSPS) is 11.5. The number of hydrogen-bond donors (Lipinski definition) is 0. The van der Waals surface area contributed by atoms with Crippen molar-refractivity contribution in [3.8, 4) is 17.2 Å². The Bertz CT molecular complexity index is 1310. The van der Waals surface area contributed by atoms with Crippen LogP contribution in [0.1, 0.15) is 34.1 Å². The fourth-order valence-corrected chi connectivity index (χ4v) is 4.02. The number of ether oxygens (including phenoxy) is 1. The van der Waals surface area contributed by atoms with Crippen LogP contribution in [-0.4, -0.2) is 9.55 Å². The second-order valence-corrected chi connectivity index (χ2v) is 8.42. The van der Waals surface area contributed by atoms with Crippen LogP contribution in [-0.2, 0) is 18.4 Å². The van der Waals surface area contributed by atoms with Crippen molar-refractivity contribution in [3.63, 3.8) is 0 Å². The predicted octanol–water partition coefficient (Wildman–Crippen LogP) is 7.30. The molecule has 0 radical (unpaired) electrons. The summed E-state index contributed by atoms with van der Waals surface area (Å²) >= 11 is 12.2. The average Bonchev–Trinajstić information content (AvgIpc) is 3.22. The summed E-state index contributed by atoms with van der Waals surface area (Å²) in [6.45, 7) is 2.38. The number of hydrogen-bond acceptors (Lipinski definition) is 3. The lowest BCUT2D eigenvalue weighted by molar-refractivity contribution is 0.0622. The van der Waals surface area contributed by atoms with Gasteiger partial charge in [-0.1, -0.05) is 59.6 Å². The number of imidazole rings is 1. The van der Waals surface area contributed by atoms with Gasteiger partial charge in [0.2, 0.25) is 0 Å². The van der Waals surface area contributed by atoms with E-state index >= 15 is 0 Å². The molecule has 0 spiro atoms. The number of rotatable bonds is 6. The van der Waals surface area contributed by atoms with Crippen molar-refractivity contribution in [2.24, 2.45) is 7.05 Å². The van der Waals surface area contributed by atoms with Crippen molar-refractivity contribution in [2.45, 2.75) is 19.6 Å². The van der Waals surface area contributed by atoms with Crippen molar-refractivity contribution in [2.75, 3.05) is 0 Å². The molecule has 1 unspecified atom stereocenters. The maximum atomic E-state index is 9.71. The molecule has 0 aliphatic carbocycles. The van der Waals surface area contributed by atoms with E-state index in [-0.39, 0.29) is 18.5 Å². The molecular formula is C26H22Cl3N3O. The minimum atomic E-state index is -0.382. The Labute approximate surface area is 209 Å². The van der Waals surface area contributed by atoms with Crippen LogP contribution < -0.4 is 0 Å². The second kappa shape index (κ2) is 10.9. The van der Waals surface area contributed by atoms with Crippen LogP contribution >= 0.6 is 35.6 Å². The van der Waals surface area contributed by atoms with Gasteiger partial charge in [0.05, 0.1) is 46.5 Å². The lowest BCUT2D eigenvalue weighted by Gasteiger charge is -2.21. The maximum Gasteiger partial charge on any atom is 0.124 e. The van der Waals surface area contributed by atoms with Gasteiger partial charge in [-0.2, -0.15) is 5.26 Å². The zero-order valence-electron chi connectivity index (χ0n) is 18.1. The molecule has 168 valence electrons. The molecule has 0 aliphatic rings. The molecule has 4 rings (SSSR count). The van der Waals surface area contributed by atoms with E-state index in [1.54, 1.807) is 18.6 Å². The minimum Gasteiger partial charge on any atom is -0.363 e. The molecule has 0 N–H and O–H groups in total. The zero-order chi connectivity index (χ0) is 22.7. The molecule has 4 aromatic rings. The molecule has 0 saturated heterocycles. The van der Waals surface area contributed by atoms with E-state index in [0.29, 0.717) is 22.2 Å². The van der Waals surface area contributed by atoms with Crippen molar-refractivity contribution in [1.82, 2.24) is 9.55 Å². The number of halogens is 3. The highest BCUT2D eigenvalue weighted by molar-refractivity contribution is 6.42. The summed E-state index contributed by atoms with van der Waals surface area (Å²) < 4.78 is 8.32. The molecular weight excluding hydrogens is 477 g/mol. The van der Waals surface area contributed by atoms with Crippen molar-refractivity contribution in [3.05, 3.63) is 111 Å². The van der Waals surface area contributed by atoms with Gasteiger partial charge in [-0.15, -0.1) is 12.4 Å². The van der Waals surface area contributed by atoms with E-state index in [2.05, 4.69) is 11.1 Å². The molecule has 1 heterocycles. The molecule has 0 amide bonds. The van der Waals surface area contributed by atoms with Crippen LogP contribution in [0.3, 0.4) is 0 Å². The summed E-state index contributed by atoms with van der Waals surface area (Å²) in [5, 5.41) is 10.7. The summed E-state index contributed by atoms with van der Waals surface area (Å²) in [5.41, 5.74) is 6.40. The van der Waals surface area contributed by atoms with Gasteiger partial charge in [0.1, 0.15) is 6.10 Å². The number of benzene rings is 3. The second-order valence-electron chi connectivity index (χ2n) is 7.60. The standard InChI is InChI=1S/C26H21Cl2N3O.ClH/c1-17-5-3-4-6-21(17)22-12-19(8-9-20(22)13-29)26(25-14-30-16-31(25)2)32-15-18-7-10-23(27)24(28)11-18;/h3-12,14,16,26H,15H2,1-2H3;1H. The molecule has 0 fully saturated rings. The first kappa shape index (κ1) is 24.8. The van der Waals surface area contributed by atoms with Crippen LogP contribution in [0.5, 0.6) is 0 Å². The van der Waals surface area contributed by atoms with Gasteiger partial charge in [0.25, 0.3) is 0 Å². The summed E-state index contributed by atoms with van der Waals surface area (Å²) in [6, 6.07) is 21.7. The third kappa shape index (κ3) is 5.40. The van der Waals surface area contributed by atoms with Gasteiger partial charge >= 0.3 is 0 Å². The average molecular weight is 499 g/mol.